The fourth-order valence-corrected chi connectivity index (χ4v) is 2.47. The second kappa shape index (κ2) is 5.72. The maximum absolute atomic E-state index is 5.61. The molecular formula is C12H27N2+. The quantitative estimate of drug-likeness (QED) is 0.673. The smallest absolute Gasteiger partial charge is 0.0907 e. The molecule has 0 heterocycles. The van der Waals surface area contributed by atoms with E-state index in [0.717, 1.165) is 23.5 Å². The molecule has 0 atom stereocenters. The summed E-state index contributed by atoms with van der Waals surface area (Å²) in [7, 11) is 4.60. The van der Waals surface area contributed by atoms with Gasteiger partial charge in [-0.2, -0.15) is 0 Å². The highest BCUT2D eigenvalue weighted by Gasteiger charge is 2.19. The fraction of sp³-hybridized carbons (Fsp3) is 1.00. The van der Waals surface area contributed by atoms with Crippen LogP contribution in [0.15, 0.2) is 0 Å². The van der Waals surface area contributed by atoms with Crippen LogP contribution in [0.2, 0.25) is 0 Å². The molecule has 0 saturated heterocycles. The number of likely N-dealkylation sites (N-methyl/N-ethyl adjacent to an activating group) is 1. The Balaban J connectivity index is 2.17. The summed E-state index contributed by atoms with van der Waals surface area (Å²) in [6.07, 6.45) is 8.76. The van der Waals surface area contributed by atoms with Crippen LogP contribution in [-0.2, 0) is 0 Å². The average molecular weight is 199 g/mol. The van der Waals surface area contributed by atoms with E-state index in [-0.39, 0.29) is 0 Å². The van der Waals surface area contributed by atoms with E-state index in [1.165, 1.54) is 45.1 Å². The fourth-order valence-electron chi connectivity index (χ4n) is 2.47. The van der Waals surface area contributed by atoms with Crippen molar-refractivity contribution < 1.29 is 4.48 Å². The van der Waals surface area contributed by atoms with Crippen LogP contribution in [-0.4, -0.2) is 38.2 Å². The van der Waals surface area contributed by atoms with Crippen LogP contribution in [0, 0.1) is 5.92 Å². The first-order valence-electron chi connectivity index (χ1n) is 6.16. The van der Waals surface area contributed by atoms with E-state index < -0.39 is 0 Å². The van der Waals surface area contributed by atoms with Crippen molar-refractivity contribution in [1.82, 2.24) is 0 Å². The van der Waals surface area contributed by atoms with Gasteiger partial charge in [0.2, 0.25) is 0 Å². The van der Waals surface area contributed by atoms with Gasteiger partial charge in [-0.3, -0.25) is 0 Å². The lowest BCUT2D eigenvalue weighted by molar-refractivity contribution is -0.889. The van der Waals surface area contributed by atoms with Gasteiger partial charge in [-0.05, 0) is 12.3 Å². The van der Waals surface area contributed by atoms with Crippen molar-refractivity contribution in [1.29, 1.82) is 0 Å². The summed E-state index contributed by atoms with van der Waals surface area (Å²) in [4.78, 5) is 0. The Bertz CT molecular complexity index is 148. The molecule has 14 heavy (non-hydrogen) atoms. The van der Waals surface area contributed by atoms with Gasteiger partial charge in [-0.1, -0.05) is 32.1 Å². The number of quaternary nitrogens is 1. The molecule has 0 amide bonds. The zero-order valence-corrected chi connectivity index (χ0v) is 9.97. The summed E-state index contributed by atoms with van der Waals surface area (Å²) >= 11 is 0. The van der Waals surface area contributed by atoms with Gasteiger partial charge in [0.25, 0.3) is 0 Å². The van der Waals surface area contributed by atoms with Crippen LogP contribution in [0.5, 0.6) is 0 Å². The Morgan fingerprint density at radius 3 is 2.29 bits per heavy atom. The van der Waals surface area contributed by atoms with Gasteiger partial charge in [0.05, 0.1) is 27.2 Å². The van der Waals surface area contributed by atoms with Gasteiger partial charge in [-0.15, -0.1) is 0 Å². The predicted octanol–water partition coefficient (Wildman–Crippen LogP) is 1.99. The van der Waals surface area contributed by atoms with E-state index in [1.54, 1.807) is 0 Å². The first kappa shape index (κ1) is 12.0. The van der Waals surface area contributed by atoms with Crippen molar-refractivity contribution in [2.75, 3.05) is 33.7 Å². The average Bonchev–Trinajstić information content (AvgIpc) is 2.17. The van der Waals surface area contributed by atoms with E-state index >= 15 is 0 Å². The van der Waals surface area contributed by atoms with Crippen LogP contribution < -0.4 is 5.73 Å². The Morgan fingerprint density at radius 1 is 1.07 bits per heavy atom. The molecule has 0 aromatic heterocycles. The molecule has 2 N–H and O–H groups in total. The first-order valence-corrected chi connectivity index (χ1v) is 6.16. The van der Waals surface area contributed by atoms with Gasteiger partial charge in [0.15, 0.2) is 0 Å². The molecular weight excluding hydrogens is 172 g/mol. The lowest BCUT2D eigenvalue weighted by atomic mass is 9.87. The van der Waals surface area contributed by atoms with Crippen molar-refractivity contribution in [3.05, 3.63) is 0 Å². The van der Waals surface area contributed by atoms with Crippen LogP contribution >= 0.6 is 0 Å². The minimum atomic E-state index is 0.817. The van der Waals surface area contributed by atoms with E-state index in [4.69, 9.17) is 5.73 Å². The number of rotatable bonds is 5. The molecule has 84 valence electrons. The Labute approximate surface area is 89.1 Å². The lowest BCUT2D eigenvalue weighted by Crippen LogP contribution is -2.44. The number of nitrogens with two attached hydrogens (primary N) is 1. The predicted molar refractivity (Wildman–Crippen MR) is 62.1 cm³/mol. The number of hydrogen-bond donors (Lipinski definition) is 1. The van der Waals surface area contributed by atoms with Crippen molar-refractivity contribution >= 4 is 0 Å². The van der Waals surface area contributed by atoms with E-state index in [0.29, 0.717) is 0 Å². The SMILES string of the molecule is C[N+](C)(CCN)CCC1CCCCC1. The second-order valence-electron chi connectivity index (χ2n) is 5.46. The van der Waals surface area contributed by atoms with Gasteiger partial charge >= 0.3 is 0 Å². The molecule has 1 rings (SSSR count). The van der Waals surface area contributed by atoms with Gasteiger partial charge in [0, 0.05) is 6.54 Å². The third-order valence-corrected chi connectivity index (χ3v) is 3.60. The molecule has 1 fully saturated rings. The summed E-state index contributed by atoms with van der Waals surface area (Å²) in [5, 5.41) is 0. The third kappa shape index (κ3) is 4.43. The van der Waals surface area contributed by atoms with Gasteiger partial charge in [-0.25, -0.2) is 0 Å². The maximum atomic E-state index is 5.61. The normalized spacial score (nSPS) is 19.9. The number of hydrogen-bond acceptors (Lipinski definition) is 1. The molecule has 1 aliphatic carbocycles. The summed E-state index contributed by atoms with van der Waals surface area (Å²) in [5.74, 6) is 1.01. The second-order valence-corrected chi connectivity index (χ2v) is 5.46. The first-order chi connectivity index (χ1) is 6.64. The molecule has 1 saturated carbocycles. The zero-order valence-electron chi connectivity index (χ0n) is 9.97. The molecule has 2 heteroatoms. The molecule has 0 aromatic rings. The molecule has 0 radical (unpaired) electrons. The number of nitrogens with zero attached hydrogens (tertiary/aromatic N) is 1. The lowest BCUT2D eigenvalue weighted by Gasteiger charge is -2.32. The third-order valence-electron chi connectivity index (χ3n) is 3.60. The molecule has 0 spiro atoms. The Morgan fingerprint density at radius 2 is 1.71 bits per heavy atom. The van der Waals surface area contributed by atoms with Crippen LogP contribution in [0.25, 0.3) is 0 Å². The van der Waals surface area contributed by atoms with Gasteiger partial charge in [0.1, 0.15) is 0 Å². The molecule has 2 nitrogen and oxygen atoms in total. The highest BCUT2D eigenvalue weighted by atomic mass is 15.3. The minimum Gasteiger partial charge on any atom is -0.327 e. The summed E-state index contributed by atoms with van der Waals surface area (Å²) in [5.41, 5.74) is 5.61. The summed E-state index contributed by atoms with van der Waals surface area (Å²) in [6, 6.07) is 0. The molecule has 0 bridgehead atoms. The topological polar surface area (TPSA) is 26.0 Å². The van der Waals surface area contributed by atoms with E-state index in [1.807, 2.05) is 0 Å². The standard InChI is InChI=1S/C12H27N2/c1-14(2,11-9-13)10-8-12-6-4-3-5-7-12/h12H,3-11,13H2,1-2H3/q+1. The van der Waals surface area contributed by atoms with Crippen molar-refractivity contribution in [3.8, 4) is 0 Å². The Hall–Kier alpha value is -0.0800. The van der Waals surface area contributed by atoms with E-state index in [2.05, 4.69) is 14.1 Å². The Kier molecular flexibility index (Phi) is 4.90. The van der Waals surface area contributed by atoms with Crippen LogP contribution in [0.3, 0.4) is 0 Å². The van der Waals surface area contributed by atoms with E-state index in [9.17, 15) is 0 Å². The van der Waals surface area contributed by atoms with Crippen molar-refractivity contribution in [2.45, 2.75) is 38.5 Å². The van der Waals surface area contributed by atoms with Crippen molar-refractivity contribution in [3.63, 3.8) is 0 Å². The largest absolute Gasteiger partial charge is 0.327 e. The summed E-state index contributed by atoms with van der Waals surface area (Å²) < 4.78 is 1.10. The highest BCUT2D eigenvalue weighted by Crippen LogP contribution is 2.26. The summed E-state index contributed by atoms with van der Waals surface area (Å²) in [6.45, 7) is 3.24. The molecule has 0 aromatic carbocycles. The monoisotopic (exact) mass is 199 g/mol. The van der Waals surface area contributed by atoms with Crippen LogP contribution in [0.4, 0.5) is 0 Å². The zero-order chi connectivity index (χ0) is 10.4. The van der Waals surface area contributed by atoms with Gasteiger partial charge < -0.3 is 10.2 Å². The van der Waals surface area contributed by atoms with Crippen LogP contribution in [0.1, 0.15) is 38.5 Å². The molecule has 0 aliphatic heterocycles. The molecule has 1 aliphatic rings. The maximum Gasteiger partial charge on any atom is 0.0907 e. The highest BCUT2D eigenvalue weighted by molar-refractivity contribution is 4.65. The van der Waals surface area contributed by atoms with Crippen molar-refractivity contribution in [2.24, 2.45) is 11.7 Å². The minimum absolute atomic E-state index is 0.817. The molecule has 0 unspecified atom stereocenters.